The van der Waals surface area contributed by atoms with Crippen molar-refractivity contribution in [2.24, 2.45) is 0 Å². The van der Waals surface area contributed by atoms with E-state index in [1.807, 2.05) is 36.4 Å². The molecule has 4 heteroatoms. The second-order valence-electron chi connectivity index (χ2n) is 4.26. The van der Waals surface area contributed by atoms with Gasteiger partial charge in [0.25, 0.3) is 0 Å². The molecule has 3 aromatic rings. The van der Waals surface area contributed by atoms with Crippen LogP contribution in [0.2, 0.25) is 5.15 Å². The van der Waals surface area contributed by atoms with Crippen LogP contribution < -0.4 is 5.32 Å². The lowest BCUT2D eigenvalue weighted by Gasteiger charge is -2.11. The Morgan fingerprint density at radius 2 is 1.60 bits per heavy atom. The summed E-state index contributed by atoms with van der Waals surface area (Å²) in [4.78, 5) is 8.22. The van der Waals surface area contributed by atoms with Gasteiger partial charge in [0.1, 0.15) is 5.15 Å². The number of nitrogens with zero attached hydrogens (tertiary/aromatic N) is 2. The van der Waals surface area contributed by atoms with Gasteiger partial charge in [-0.2, -0.15) is 0 Å². The number of aromatic nitrogens is 2. The van der Waals surface area contributed by atoms with E-state index in [0.29, 0.717) is 11.0 Å². The average molecular weight is 282 g/mol. The molecule has 0 saturated heterocycles. The van der Waals surface area contributed by atoms with Crippen LogP contribution in [0.25, 0.3) is 11.1 Å². The van der Waals surface area contributed by atoms with Gasteiger partial charge in [-0.05, 0) is 11.6 Å². The van der Waals surface area contributed by atoms with Crippen LogP contribution in [0.3, 0.4) is 0 Å². The number of hydrogen-bond acceptors (Lipinski definition) is 3. The molecular formula is C16H12ClN3. The van der Waals surface area contributed by atoms with Crippen molar-refractivity contribution >= 4 is 23.1 Å². The van der Waals surface area contributed by atoms with Gasteiger partial charge in [-0.1, -0.05) is 60.1 Å². The van der Waals surface area contributed by atoms with Crippen LogP contribution in [0.1, 0.15) is 0 Å². The Balaban J connectivity index is 1.99. The van der Waals surface area contributed by atoms with Gasteiger partial charge in [-0.25, -0.2) is 4.98 Å². The molecule has 1 heterocycles. The quantitative estimate of drug-likeness (QED) is 0.766. The van der Waals surface area contributed by atoms with Crippen molar-refractivity contribution in [3.63, 3.8) is 0 Å². The standard InChI is InChI=1S/C16H12ClN3/c17-15-10-18-11-16(20-15)19-14-9-5-4-8-13(14)12-6-2-1-3-7-12/h1-11H,(H,19,20). The molecule has 1 N–H and O–H groups in total. The molecule has 0 aliphatic rings. The fourth-order valence-electron chi connectivity index (χ4n) is 2.00. The number of hydrogen-bond donors (Lipinski definition) is 1. The monoisotopic (exact) mass is 281 g/mol. The predicted octanol–water partition coefficient (Wildman–Crippen LogP) is 4.54. The number of anilines is 2. The fraction of sp³-hybridized carbons (Fsp3) is 0. The van der Waals surface area contributed by atoms with Crippen molar-refractivity contribution in [3.05, 3.63) is 72.1 Å². The lowest BCUT2D eigenvalue weighted by atomic mass is 10.0. The Labute approximate surface area is 122 Å². The second-order valence-corrected chi connectivity index (χ2v) is 4.65. The summed E-state index contributed by atoms with van der Waals surface area (Å²) in [7, 11) is 0. The molecule has 0 aliphatic heterocycles. The van der Waals surface area contributed by atoms with Crippen LogP contribution in [-0.2, 0) is 0 Å². The molecule has 0 unspecified atom stereocenters. The zero-order chi connectivity index (χ0) is 13.8. The molecule has 0 bridgehead atoms. The zero-order valence-corrected chi connectivity index (χ0v) is 11.4. The second kappa shape index (κ2) is 5.72. The van der Waals surface area contributed by atoms with E-state index in [1.54, 1.807) is 6.20 Å². The minimum absolute atomic E-state index is 0.368. The summed E-state index contributed by atoms with van der Waals surface area (Å²) in [6.45, 7) is 0. The molecule has 0 radical (unpaired) electrons. The first-order chi connectivity index (χ1) is 9.83. The largest absolute Gasteiger partial charge is 0.338 e. The van der Waals surface area contributed by atoms with Crippen LogP contribution in [0.15, 0.2) is 67.0 Å². The molecule has 0 saturated carbocycles. The number of para-hydroxylation sites is 1. The summed E-state index contributed by atoms with van der Waals surface area (Å²) in [6.07, 6.45) is 3.16. The minimum atomic E-state index is 0.368. The van der Waals surface area contributed by atoms with Crippen molar-refractivity contribution in [2.75, 3.05) is 5.32 Å². The fourth-order valence-corrected chi connectivity index (χ4v) is 2.15. The van der Waals surface area contributed by atoms with E-state index in [2.05, 4.69) is 33.5 Å². The van der Waals surface area contributed by atoms with Gasteiger partial charge in [-0.3, -0.25) is 4.98 Å². The first-order valence-corrected chi connectivity index (χ1v) is 6.60. The van der Waals surface area contributed by atoms with Gasteiger partial charge in [-0.15, -0.1) is 0 Å². The summed E-state index contributed by atoms with van der Waals surface area (Å²) in [5.41, 5.74) is 3.22. The topological polar surface area (TPSA) is 37.8 Å². The summed E-state index contributed by atoms with van der Waals surface area (Å²) in [5, 5.41) is 3.62. The normalized spacial score (nSPS) is 10.2. The van der Waals surface area contributed by atoms with Gasteiger partial charge < -0.3 is 5.32 Å². The third kappa shape index (κ3) is 2.78. The molecule has 0 spiro atoms. The Kier molecular flexibility index (Phi) is 3.61. The molecule has 0 aliphatic carbocycles. The Bertz CT molecular complexity index is 714. The molecule has 3 rings (SSSR count). The Morgan fingerprint density at radius 1 is 0.850 bits per heavy atom. The van der Waals surface area contributed by atoms with Crippen LogP contribution in [0.5, 0.6) is 0 Å². The summed E-state index contributed by atoms with van der Waals surface area (Å²) >= 11 is 5.85. The van der Waals surface area contributed by atoms with E-state index >= 15 is 0 Å². The lowest BCUT2D eigenvalue weighted by molar-refractivity contribution is 1.20. The highest BCUT2D eigenvalue weighted by molar-refractivity contribution is 6.29. The minimum Gasteiger partial charge on any atom is -0.338 e. The van der Waals surface area contributed by atoms with Crippen molar-refractivity contribution in [3.8, 4) is 11.1 Å². The third-order valence-corrected chi connectivity index (χ3v) is 3.06. The summed E-state index contributed by atoms with van der Waals surface area (Å²) < 4.78 is 0. The maximum Gasteiger partial charge on any atom is 0.150 e. The Morgan fingerprint density at radius 3 is 2.40 bits per heavy atom. The number of benzene rings is 2. The van der Waals surface area contributed by atoms with Gasteiger partial charge in [0.15, 0.2) is 5.82 Å². The molecule has 3 nitrogen and oxygen atoms in total. The van der Waals surface area contributed by atoms with E-state index in [0.717, 1.165) is 16.8 Å². The van der Waals surface area contributed by atoms with Gasteiger partial charge in [0.05, 0.1) is 12.4 Å². The SMILES string of the molecule is Clc1cncc(Nc2ccccc2-c2ccccc2)n1. The van der Waals surface area contributed by atoms with E-state index < -0.39 is 0 Å². The maximum atomic E-state index is 5.85. The highest BCUT2D eigenvalue weighted by atomic mass is 35.5. The molecule has 98 valence electrons. The molecule has 0 fully saturated rings. The van der Waals surface area contributed by atoms with E-state index in [-0.39, 0.29) is 0 Å². The molecular weight excluding hydrogens is 270 g/mol. The van der Waals surface area contributed by atoms with Crippen molar-refractivity contribution in [2.45, 2.75) is 0 Å². The summed E-state index contributed by atoms with van der Waals surface area (Å²) in [5.74, 6) is 0.626. The molecule has 0 atom stereocenters. The van der Waals surface area contributed by atoms with Crippen LogP contribution in [0, 0.1) is 0 Å². The van der Waals surface area contributed by atoms with Crippen LogP contribution >= 0.6 is 11.6 Å². The smallest absolute Gasteiger partial charge is 0.150 e. The maximum absolute atomic E-state index is 5.85. The van der Waals surface area contributed by atoms with Gasteiger partial charge >= 0.3 is 0 Å². The zero-order valence-electron chi connectivity index (χ0n) is 10.6. The Hall–Kier alpha value is -2.39. The third-order valence-electron chi connectivity index (χ3n) is 2.88. The first kappa shape index (κ1) is 12.6. The number of rotatable bonds is 3. The highest BCUT2D eigenvalue weighted by Crippen LogP contribution is 2.29. The molecule has 0 amide bonds. The molecule has 1 aromatic heterocycles. The van der Waals surface area contributed by atoms with Gasteiger partial charge in [0, 0.05) is 11.3 Å². The van der Waals surface area contributed by atoms with Crippen LogP contribution in [-0.4, -0.2) is 9.97 Å². The number of halogens is 1. The summed E-state index contributed by atoms with van der Waals surface area (Å²) in [6, 6.07) is 18.2. The van der Waals surface area contributed by atoms with Crippen molar-refractivity contribution in [1.29, 1.82) is 0 Å². The van der Waals surface area contributed by atoms with Crippen LogP contribution in [0.4, 0.5) is 11.5 Å². The average Bonchev–Trinajstić information content (AvgIpc) is 2.49. The van der Waals surface area contributed by atoms with E-state index in [4.69, 9.17) is 11.6 Å². The molecule has 2 aromatic carbocycles. The predicted molar refractivity (Wildman–Crippen MR) is 82.2 cm³/mol. The highest BCUT2D eigenvalue weighted by Gasteiger charge is 2.05. The molecule has 20 heavy (non-hydrogen) atoms. The lowest BCUT2D eigenvalue weighted by Crippen LogP contribution is -1.96. The van der Waals surface area contributed by atoms with E-state index in [9.17, 15) is 0 Å². The van der Waals surface area contributed by atoms with E-state index in [1.165, 1.54) is 6.20 Å². The number of nitrogens with one attached hydrogen (secondary N) is 1. The first-order valence-electron chi connectivity index (χ1n) is 6.22. The van der Waals surface area contributed by atoms with Crippen molar-refractivity contribution < 1.29 is 0 Å². The van der Waals surface area contributed by atoms with Crippen molar-refractivity contribution in [1.82, 2.24) is 9.97 Å². The van der Waals surface area contributed by atoms with Gasteiger partial charge in [0.2, 0.25) is 0 Å².